The molecule has 0 atom stereocenters. The molecule has 0 heterocycles. The molecule has 0 saturated carbocycles. The van der Waals surface area contributed by atoms with Gasteiger partial charge < -0.3 is 19.5 Å². The van der Waals surface area contributed by atoms with E-state index in [1.807, 2.05) is 0 Å². The van der Waals surface area contributed by atoms with Gasteiger partial charge in [-0.25, -0.2) is 4.85 Å². The van der Waals surface area contributed by atoms with Crippen molar-refractivity contribution in [2.45, 2.75) is 6.92 Å². The number of carbonyl (C=O) groups excluding carboxylic acids is 1. The van der Waals surface area contributed by atoms with E-state index < -0.39 is 5.97 Å². The summed E-state index contributed by atoms with van der Waals surface area (Å²) >= 11 is 0. The highest BCUT2D eigenvalue weighted by Crippen LogP contribution is 2.29. The topological polar surface area (TPSA) is 61.2 Å². The highest BCUT2D eigenvalue weighted by atomic mass is 16.5. The molecule has 6 heteroatoms. The Bertz CT molecular complexity index is 547. The third kappa shape index (κ3) is 3.92. The van der Waals surface area contributed by atoms with Crippen LogP contribution in [0.3, 0.4) is 0 Å². The molecule has 0 fully saturated rings. The molecular weight excluding hydrogens is 260 g/mol. The van der Waals surface area contributed by atoms with E-state index in [4.69, 9.17) is 20.8 Å². The van der Waals surface area contributed by atoms with E-state index in [2.05, 4.69) is 10.2 Å². The number of hydrogen-bond donors (Lipinski definition) is 1. The number of anilines is 1. The van der Waals surface area contributed by atoms with Crippen LogP contribution in [0.15, 0.2) is 30.1 Å². The minimum absolute atomic E-state index is 0.123. The summed E-state index contributed by atoms with van der Waals surface area (Å²) < 4.78 is 15.0. The van der Waals surface area contributed by atoms with Crippen molar-refractivity contribution in [1.29, 1.82) is 0 Å². The lowest BCUT2D eigenvalue weighted by atomic mass is 10.2. The van der Waals surface area contributed by atoms with Gasteiger partial charge in [-0.1, -0.05) is 0 Å². The van der Waals surface area contributed by atoms with Crippen molar-refractivity contribution in [3.8, 4) is 11.5 Å². The molecule has 106 valence electrons. The van der Waals surface area contributed by atoms with Crippen molar-refractivity contribution in [2.24, 2.45) is 0 Å². The Kier molecular flexibility index (Phi) is 5.91. The smallest absolute Gasteiger partial charge is 0.337 e. The lowest BCUT2D eigenvalue weighted by Crippen LogP contribution is -2.06. The monoisotopic (exact) mass is 276 g/mol. The molecule has 0 aliphatic carbocycles. The highest BCUT2D eigenvalue weighted by Gasteiger charge is 2.10. The molecule has 0 aliphatic rings. The molecule has 20 heavy (non-hydrogen) atoms. The molecule has 0 aromatic heterocycles. The first-order valence-electron chi connectivity index (χ1n) is 5.89. The van der Waals surface area contributed by atoms with E-state index in [0.717, 1.165) is 0 Å². The number of methoxy groups -OCH3 is 2. The van der Waals surface area contributed by atoms with Crippen LogP contribution >= 0.6 is 0 Å². The second kappa shape index (κ2) is 7.69. The number of esters is 1. The molecule has 0 spiro atoms. The predicted octanol–water partition coefficient (Wildman–Crippen LogP) is 2.44. The Morgan fingerprint density at radius 1 is 1.35 bits per heavy atom. The van der Waals surface area contributed by atoms with Gasteiger partial charge in [0, 0.05) is 18.0 Å². The summed E-state index contributed by atoms with van der Waals surface area (Å²) in [7, 11) is 3.07. The van der Waals surface area contributed by atoms with Gasteiger partial charge in [-0.3, -0.25) is 4.79 Å². The summed E-state index contributed by atoms with van der Waals surface area (Å²) in [6.45, 7) is 8.85. The maximum atomic E-state index is 11.4. The van der Waals surface area contributed by atoms with Crippen LogP contribution in [0.5, 0.6) is 11.5 Å². The number of hydrogen-bond acceptors (Lipinski definition) is 5. The van der Waals surface area contributed by atoms with E-state index in [1.165, 1.54) is 13.3 Å². The molecule has 1 rings (SSSR count). The number of benzene rings is 1. The molecule has 0 amide bonds. The van der Waals surface area contributed by atoms with Crippen LogP contribution in [-0.2, 0) is 9.53 Å². The maximum Gasteiger partial charge on any atom is 0.337 e. The first-order chi connectivity index (χ1) is 9.65. The lowest BCUT2D eigenvalue weighted by Gasteiger charge is -2.09. The first-order valence-corrected chi connectivity index (χ1v) is 5.89. The van der Waals surface area contributed by atoms with Crippen molar-refractivity contribution < 1.29 is 19.0 Å². The fourth-order valence-corrected chi connectivity index (χ4v) is 1.42. The summed E-state index contributed by atoms with van der Waals surface area (Å²) in [5, 5.41) is 2.85. The van der Waals surface area contributed by atoms with Crippen molar-refractivity contribution in [3.63, 3.8) is 0 Å². The van der Waals surface area contributed by atoms with Gasteiger partial charge in [-0.05, 0) is 19.1 Å². The van der Waals surface area contributed by atoms with E-state index >= 15 is 0 Å². The molecule has 0 unspecified atom stereocenters. The van der Waals surface area contributed by atoms with E-state index in [0.29, 0.717) is 17.2 Å². The lowest BCUT2D eigenvalue weighted by molar-refractivity contribution is -0.138. The maximum absolute atomic E-state index is 11.4. The van der Waals surface area contributed by atoms with Gasteiger partial charge in [0.2, 0.25) is 0 Å². The molecule has 0 bridgehead atoms. The Morgan fingerprint density at radius 2 is 2.05 bits per heavy atom. The SMILES string of the molecule is [C-]#[N+]/C(=C\Nc1ccc(OC)c(OC)c1)C(=O)OCC. The quantitative estimate of drug-likeness (QED) is 0.491. The van der Waals surface area contributed by atoms with Crippen LogP contribution in [-0.4, -0.2) is 26.8 Å². The van der Waals surface area contributed by atoms with E-state index in [1.54, 1.807) is 32.2 Å². The average Bonchev–Trinajstić information content (AvgIpc) is 2.47. The summed E-state index contributed by atoms with van der Waals surface area (Å²) in [6, 6.07) is 5.16. The van der Waals surface area contributed by atoms with Gasteiger partial charge in [0.05, 0.1) is 27.4 Å². The van der Waals surface area contributed by atoms with Crippen LogP contribution in [0.1, 0.15) is 6.92 Å². The van der Waals surface area contributed by atoms with Crippen LogP contribution < -0.4 is 14.8 Å². The summed E-state index contributed by atoms with van der Waals surface area (Å²) in [4.78, 5) is 14.5. The Hall–Kier alpha value is -2.68. The fourth-order valence-electron chi connectivity index (χ4n) is 1.42. The molecule has 0 aliphatic heterocycles. The number of rotatable bonds is 6. The summed E-state index contributed by atoms with van der Waals surface area (Å²) in [5.74, 6) is 0.486. The zero-order chi connectivity index (χ0) is 15.0. The van der Waals surface area contributed by atoms with Gasteiger partial charge in [-0.2, -0.15) is 0 Å². The van der Waals surface area contributed by atoms with Crippen LogP contribution in [0.2, 0.25) is 0 Å². The average molecular weight is 276 g/mol. The highest BCUT2D eigenvalue weighted by molar-refractivity contribution is 5.90. The van der Waals surface area contributed by atoms with Gasteiger partial charge in [0.25, 0.3) is 5.70 Å². The summed E-state index contributed by atoms with van der Waals surface area (Å²) in [6.07, 6.45) is 1.30. The third-order valence-electron chi connectivity index (χ3n) is 2.36. The minimum Gasteiger partial charge on any atom is -0.493 e. The standard InChI is InChI=1S/C14H16N2O4/c1-5-20-14(17)11(15-2)9-16-10-6-7-12(18-3)13(8-10)19-4/h6-9,16H,5H2,1,3-4H3/b11-9-. The number of ether oxygens (including phenoxy) is 3. The molecule has 1 N–H and O–H groups in total. The summed E-state index contributed by atoms with van der Waals surface area (Å²) in [5.41, 5.74) is 0.537. The molecular formula is C14H16N2O4. The van der Waals surface area contributed by atoms with Gasteiger partial charge in [-0.15, -0.1) is 0 Å². The van der Waals surface area contributed by atoms with Gasteiger partial charge in [0.1, 0.15) is 0 Å². The van der Waals surface area contributed by atoms with Crippen molar-refractivity contribution >= 4 is 11.7 Å². The third-order valence-corrected chi connectivity index (χ3v) is 2.36. The van der Waals surface area contributed by atoms with Crippen molar-refractivity contribution in [1.82, 2.24) is 0 Å². The fraction of sp³-hybridized carbons (Fsp3) is 0.286. The predicted molar refractivity (Wildman–Crippen MR) is 74.5 cm³/mol. The Labute approximate surface area is 117 Å². The molecule has 1 aromatic carbocycles. The largest absolute Gasteiger partial charge is 0.493 e. The van der Waals surface area contributed by atoms with Crippen molar-refractivity contribution in [2.75, 3.05) is 26.1 Å². The second-order valence-corrected chi connectivity index (χ2v) is 3.58. The molecule has 0 radical (unpaired) electrons. The number of nitrogens with one attached hydrogen (secondary N) is 1. The number of nitrogens with zero attached hydrogens (tertiary/aromatic N) is 1. The Balaban J connectivity index is 2.88. The van der Waals surface area contributed by atoms with Gasteiger partial charge >= 0.3 is 5.97 Å². The van der Waals surface area contributed by atoms with Crippen molar-refractivity contribution in [3.05, 3.63) is 41.5 Å². The van der Waals surface area contributed by atoms with E-state index in [-0.39, 0.29) is 12.3 Å². The van der Waals surface area contributed by atoms with Crippen LogP contribution in [0.25, 0.3) is 4.85 Å². The second-order valence-electron chi connectivity index (χ2n) is 3.58. The van der Waals surface area contributed by atoms with Gasteiger partial charge in [0.15, 0.2) is 11.5 Å². The van der Waals surface area contributed by atoms with Crippen LogP contribution in [0, 0.1) is 6.57 Å². The molecule has 0 saturated heterocycles. The van der Waals surface area contributed by atoms with Crippen LogP contribution in [0.4, 0.5) is 5.69 Å². The number of carbonyl (C=O) groups is 1. The minimum atomic E-state index is -0.657. The molecule has 6 nitrogen and oxygen atoms in total. The zero-order valence-corrected chi connectivity index (χ0v) is 11.6. The Morgan fingerprint density at radius 3 is 2.60 bits per heavy atom. The molecule has 1 aromatic rings. The first kappa shape index (κ1) is 15.4. The normalized spacial score (nSPS) is 10.4. The zero-order valence-electron chi connectivity index (χ0n) is 11.6. The van der Waals surface area contributed by atoms with E-state index in [9.17, 15) is 4.79 Å².